The Kier molecular flexibility index (Phi) is 12.2. The standard InChI is InChI=1S/C33H54O17/c1-5-15(6-2)7-8-32-9-14(3)33(13-32,31(32,4)49-29-26(44)23(41)20(38)17(11-35)46-29)50-30-27(24(42)21(39)18(12-36)47-30)48-28-25(43)22(40)19(37)16(10-34)45-28/h5,15-30,34-44H,1,3,6-13H2,2,4H3/t15-,16?,17?,18?,19+,20+,21+,22?,23?,24?,25?,26?,27?,28-,29-,30-,31?,32+,33-/m0/s1. The van der Waals surface area contributed by atoms with Gasteiger partial charge in [-0.25, -0.2) is 0 Å². The third-order valence-electron chi connectivity index (χ3n) is 11.8. The maximum atomic E-state index is 11.3. The van der Waals surface area contributed by atoms with Crippen molar-refractivity contribution in [2.75, 3.05) is 19.8 Å². The topological polar surface area (TPSA) is 278 Å². The molecule has 0 spiro atoms. The Labute approximate surface area is 289 Å². The number of aliphatic hydroxyl groups excluding tert-OH is 11. The predicted molar refractivity (Wildman–Crippen MR) is 167 cm³/mol. The first kappa shape index (κ1) is 40.0. The summed E-state index contributed by atoms with van der Waals surface area (Å²) < 4.78 is 36.3. The van der Waals surface area contributed by atoms with Crippen LogP contribution in [0.15, 0.2) is 24.8 Å². The highest BCUT2D eigenvalue weighted by Gasteiger charge is 2.81. The monoisotopic (exact) mass is 722 g/mol. The molecular weight excluding hydrogens is 668 g/mol. The van der Waals surface area contributed by atoms with Crippen LogP contribution in [0.4, 0.5) is 0 Å². The van der Waals surface area contributed by atoms with Crippen LogP contribution in [-0.4, -0.2) is 179 Å². The van der Waals surface area contributed by atoms with Gasteiger partial charge in [0.15, 0.2) is 18.9 Å². The van der Waals surface area contributed by atoms with Crippen molar-refractivity contribution >= 4 is 0 Å². The molecular formula is C33H54O17. The third-order valence-corrected chi connectivity index (χ3v) is 11.8. The zero-order valence-corrected chi connectivity index (χ0v) is 28.3. The summed E-state index contributed by atoms with van der Waals surface area (Å²) >= 11 is 0. The first-order valence-electron chi connectivity index (χ1n) is 17.1. The van der Waals surface area contributed by atoms with Crippen molar-refractivity contribution in [3.63, 3.8) is 0 Å². The molecule has 6 rings (SSSR count). The van der Waals surface area contributed by atoms with Gasteiger partial charge in [0.1, 0.15) is 84.4 Å². The summed E-state index contributed by atoms with van der Waals surface area (Å²) in [5.41, 5.74) is -3.08. The lowest BCUT2D eigenvalue weighted by molar-refractivity contribution is -0.422. The Morgan fingerprint density at radius 3 is 1.76 bits per heavy atom. The first-order valence-corrected chi connectivity index (χ1v) is 17.1. The smallest absolute Gasteiger partial charge is 0.188 e. The van der Waals surface area contributed by atoms with Gasteiger partial charge in [-0.15, -0.1) is 6.58 Å². The van der Waals surface area contributed by atoms with Crippen LogP contribution >= 0.6 is 0 Å². The Hall–Kier alpha value is -1.20. The van der Waals surface area contributed by atoms with Gasteiger partial charge in [0.25, 0.3) is 0 Å². The fourth-order valence-electron chi connectivity index (χ4n) is 8.43. The molecule has 50 heavy (non-hydrogen) atoms. The molecule has 3 aliphatic heterocycles. The van der Waals surface area contributed by atoms with E-state index in [1.165, 1.54) is 0 Å². The van der Waals surface area contributed by atoms with Crippen molar-refractivity contribution in [3.8, 4) is 0 Å². The molecule has 6 fully saturated rings. The number of rotatable bonds is 14. The molecule has 2 bridgehead atoms. The van der Waals surface area contributed by atoms with Gasteiger partial charge in [-0.2, -0.15) is 0 Å². The Balaban J connectivity index is 1.49. The first-order chi connectivity index (χ1) is 23.6. The Morgan fingerprint density at radius 2 is 1.24 bits per heavy atom. The molecule has 11 N–H and O–H groups in total. The molecule has 10 unspecified atom stereocenters. The van der Waals surface area contributed by atoms with E-state index in [1.807, 2.05) is 13.0 Å². The molecule has 6 aliphatic rings. The molecule has 0 amide bonds. The second-order valence-corrected chi connectivity index (χ2v) is 14.5. The van der Waals surface area contributed by atoms with E-state index in [1.54, 1.807) is 6.92 Å². The zero-order valence-electron chi connectivity index (χ0n) is 28.3. The molecule has 17 nitrogen and oxygen atoms in total. The van der Waals surface area contributed by atoms with Gasteiger partial charge in [0.05, 0.1) is 19.8 Å². The number of ether oxygens (including phenoxy) is 6. The van der Waals surface area contributed by atoms with Crippen molar-refractivity contribution in [2.24, 2.45) is 11.3 Å². The van der Waals surface area contributed by atoms with Crippen molar-refractivity contribution < 1.29 is 84.6 Å². The molecule has 19 atom stereocenters. The van der Waals surface area contributed by atoms with E-state index >= 15 is 0 Å². The van der Waals surface area contributed by atoms with E-state index in [2.05, 4.69) is 13.2 Å². The Bertz CT molecular complexity index is 1190. The average molecular weight is 723 g/mol. The van der Waals surface area contributed by atoms with Gasteiger partial charge < -0.3 is 84.6 Å². The minimum atomic E-state index is -1.87. The van der Waals surface area contributed by atoms with Crippen LogP contribution in [0, 0.1) is 11.3 Å². The van der Waals surface area contributed by atoms with E-state index in [-0.39, 0.29) is 12.3 Å². The summed E-state index contributed by atoms with van der Waals surface area (Å²) in [4.78, 5) is 0. The van der Waals surface area contributed by atoms with Crippen LogP contribution in [-0.2, 0) is 28.4 Å². The van der Waals surface area contributed by atoms with Crippen molar-refractivity contribution in [3.05, 3.63) is 24.8 Å². The fourth-order valence-corrected chi connectivity index (χ4v) is 8.43. The van der Waals surface area contributed by atoms with Gasteiger partial charge >= 0.3 is 0 Å². The highest BCUT2D eigenvalue weighted by atomic mass is 16.8. The van der Waals surface area contributed by atoms with E-state index in [0.29, 0.717) is 24.8 Å². The fraction of sp³-hybridized carbons (Fsp3) is 0.879. The zero-order chi connectivity index (χ0) is 36.9. The number of aliphatic hydroxyl groups is 11. The van der Waals surface area contributed by atoms with Crippen molar-refractivity contribution in [1.29, 1.82) is 0 Å². The predicted octanol–water partition coefficient (Wildman–Crippen LogP) is -3.72. The van der Waals surface area contributed by atoms with Gasteiger partial charge in [-0.3, -0.25) is 0 Å². The molecule has 0 radical (unpaired) electrons. The maximum Gasteiger partial charge on any atom is 0.188 e. The lowest BCUT2D eigenvalue weighted by Crippen LogP contribution is -2.75. The van der Waals surface area contributed by atoms with Crippen molar-refractivity contribution in [2.45, 2.75) is 149 Å². The largest absolute Gasteiger partial charge is 0.394 e. The van der Waals surface area contributed by atoms with Gasteiger partial charge in [-0.1, -0.05) is 19.6 Å². The SMILES string of the molecule is C=C[C@@H](CC)CC[C@@]12CC(=C)[C@@](O[C@@H]3OC(CO)[C@@H](O)C(O)C3O[C@@H]3OC(CO)[C@@H](O)C(O)C3O)(C1)C2(C)O[C@@H]1OC(CO)[C@@H](O)C(O)C1O. The molecule has 0 aromatic heterocycles. The highest BCUT2D eigenvalue weighted by Crippen LogP contribution is 2.75. The van der Waals surface area contributed by atoms with E-state index < -0.39 is 129 Å². The second-order valence-electron chi connectivity index (χ2n) is 14.5. The van der Waals surface area contributed by atoms with Crippen LogP contribution in [0.25, 0.3) is 0 Å². The summed E-state index contributed by atoms with van der Waals surface area (Å²) in [6.45, 7) is 9.76. The molecule has 3 saturated heterocycles. The lowest BCUT2D eigenvalue weighted by atomic mass is 9.52. The van der Waals surface area contributed by atoms with E-state index in [0.717, 1.165) is 6.42 Å². The number of hydrogen-bond donors (Lipinski definition) is 11. The summed E-state index contributed by atoms with van der Waals surface area (Å²) in [6.07, 6.45) is -20.1. The molecule has 3 heterocycles. The maximum absolute atomic E-state index is 11.3. The van der Waals surface area contributed by atoms with Crippen LogP contribution in [0.3, 0.4) is 0 Å². The van der Waals surface area contributed by atoms with E-state index in [4.69, 9.17) is 28.4 Å². The van der Waals surface area contributed by atoms with Gasteiger partial charge in [0, 0.05) is 5.41 Å². The lowest BCUT2D eigenvalue weighted by Gasteiger charge is -2.64. The molecule has 3 aliphatic carbocycles. The summed E-state index contributed by atoms with van der Waals surface area (Å²) in [5, 5.41) is 115. The summed E-state index contributed by atoms with van der Waals surface area (Å²) in [6, 6.07) is 0. The normalized spacial score (nSPS) is 51.3. The van der Waals surface area contributed by atoms with Crippen LogP contribution in [0.5, 0.6) is 0 Å². The molecule has 0 aromatic carbocycles. The molecule has 17 heteroatoms. The quantitative estimate of drug-likeness (QED) is 0.0770. The minimum absolute atomic E-state index is 0.158. The molecule has 3 saturated carbocycles. The average Bonchev–Trinajstić information content (AvgIpc) is 3.50. The van der Waals surface area contributed by atoms with Crippen LogP contribution < -0.4 is 0 Å². The van der Waals surface area contributed by atoms with Gasteiger partial charge in [0.2, 0.25) is 0 Å². The summed E-state index contributed by atoms with van der Waals surface area (Å²) in [5.74, 6) is 0.158. The number of fused-ring (bicyclic) bond motifs is 1. The van der Waals surface area contributed by atoms with Crippen LogP contribution in [0.2, 0.25) is 0 Å². The van der Waals surface area contributed by atoms with E-state index in [9.17, 15) is 56.2 Å². The number of allylic oxidation sites excluding steroid dienone is 1. The Morgan fingerprint density at radius 1 is 0.740 bits per heavy atom. The van der Waals surface area contributed by atoms with Crippen LogP contribution in [0.1, 0.15) is 46.0 Å². The molecule has 0 aromatic rings. The third kappa shape index (κ3) is 6.41. The highest BCUT2D eigenvalue weighted by molar-refractivity contribution is 5.44. The number of hydrogen-bond acceptors (Lipinski definition) is 17. The molecule has 288 valence electrons. The second kappa shape index (κ2) is 15.3. The van der Waals surface area contributed by atoms with Crippen molar-refractivity contribution in [1.82, 2.24) is 0 Å². The summed E-state index contributed by atoms with van der Waals surface area (Å²) in [7, 11) is 0. The minimum Gasteiger partial charge on any atom is -0.394 e. The van der Waals surface area contributed by atoms with Gasteiger partial charge in [-0.05, 0) is 50.5 Å².